The molecular weight excluding hydrogens is 298 g/mol. The van der Waals surface area contributed by atoms with Crippen LogP contribution in [0.1, 0.15) is 35.6 Å². The molecule has 1 atom stereocenters. The SMILES string of the molecule is c1cc(CN2CCCC(c3ccn[nH]3)C2)cc(Cn2cccn2)c1. The summed E-state index contributed by atoms with van der Waals surface area (Å²) in [6, 6.07) is 12.9. The predicted octanol–water partition coefficient (Wildman–Crippen LogP) is 3.03. The lowest BCUT2D eigenvalue weighted by molar-refractivity contribution is 0.198. The third-order valence-electron chi connectivity index (χ3n) is 4.77. The van der Waals surface area contributed by atoms with Gasteiger partial charge in [0.05, 0.1) is 6.54 Å². The summed E-state index contributed by atoms with van der Waals surface area (Å²) in [7, 11) is 0. The fraction of sp³-hybridized carbons (Fsp3) is 0.368. The van der Waals surface area contributed by atoms with Crippen LogP contribution < -0.4 is 0 Å². The minimum absolute atomic E-state index is 0.577. The maximum Gasteiger partial charge on any atom is 0.0659 e. The Bertz CT molecular complexity index is 748. The lowest BCUT2D eigenvalue weighted by atomic mass is 9.94. The molecule has 3 aromatic rings. The van der Waals surface area contributed by atoms with Crippen LogP contribution >= 0.6 is 0 Å². The number of rotatable bonds is 5. The Kier molecular flexibility index (Phi) is 4.42. The van der Waals surface area contributed by atoms with Crippen LogP contribution in [-0.4, -0.2) is 38.0 Å². The standard InChI is InChI=1S/C19H23N5/c1-4-16(12-17(5-1)14-24-11-3-8-21-24)13-23-10-2-6-18(15-23)19-7-9-20-22-19/h1,3-5,7-9,11-12,18H,2,6,10,13-15H2,(H,20,22). The zero-order chi connectivity index (χ0) is 16.2. The highest BCUT2D eigenvalue weighted by Crippen LogP contribution is 2.26. The van der Waals surface area contributed by atoms with Gasteiger partial charge in [-0.2, -0.15) is 10.2 Å². The van der Waals surface area contributed by atoms with Crippen LogP contribution in [-0.2, 0) is 13.1 Å². The normalized spacial score (nSPS) is 18.8. The largest absolute Gasteiger partial charge is 0.298 e. The molecular formula is C19H23N5. The van der Waals surface area contributed by atoms with Crippen molar-refractivity contribution in [3.05, 3.63) is 71.8 Å². The number of nitrogens with zero attached hydrogens (tertiary/aromatic N) is 4. The Labute approximate surface area is 142 Å². The number of benzene rings is 1. The van der Waals surface area contributed by atoms with Crippen molar-refractivity contribution in [2.75, 3.05) is 13.1 Å². The average molecular weight is 321 g/mol. The summed E-state index contributed by atoms with van der Waals surface area (Å²) >= 11 is 0. The Morgan fingerprint density at radius 1 is 1.08 bits per heavy atom. The van der Waals surface area contributed by atoms with Gasteiger partial charge in [-0.3, -0.25) is 14.7 Å². The van der Waals surface area contributed by atoms with E-state index in [1.54, 1.807) is 0 Å². The van der Waals surface area contributed by atoms with Crippen LogP contribution in [0.4, 0.5) is 0 Å². The van der Waals surface area contributed by atoms with Crippen LogP contribution in [0, 0.1) is 0 Å². The van der Waals surface area contributed by atoms with E-state index in [0.717, 1.165) is 19.6 Å². The summed E-state index contributed by atoms with van der Waals surface area (Å²) in [4.78, 5) is 2.56. The molecule has 5 nitrogen and oxygen atoms in total. The van der Waals surface area contributed by atoms with Crippen LogP contribution in [0.25, 0.3) is 0 Å². The first kappa shape index (κ1) is 15.1. The first-order valence-electron chi connectivity index (χ1n) is 8.64. The zero-order valence-corrected chi connectivity index (χ0v) is 13.8. The van der Waals surface area contributed by atoms with E-state index >= 15 is 0 Å². The number of H-pyrrole nitrogens is 1. The van der Waals surface area contributed by atoms with Crippen molar-refractivity contribution in [1.29, 1.82) is 0 Å². The highest BCUT2D eigenvalue weighted by Gasteiger charge is 2.22. The number of hydrogen-bond acceptors (Lipinski definition) is 3. The van der Waals surface area contributed by atoms with Gasteiger partial charge in [0, 0.05) is 43.3 Å². The van der Waals surface area contributed by atoms with Gasteiger partial charge in [-0.25, -0.2) is 0 Å². The fourth-order valence-corrected chi connectivity index (χ4v) is 3.61. The van der Waals surface area contributed by atoms with Crippen molar-refractivity contribution >= 4 is 0 Å². The molecule has 1 aromatic carbocycles. The summed E-state index contributed by atoms with van der Waals surface area (Å²) in [6.45, 7) is 4.12. The van der Waals surface area contributed by atoms with E-state index in [1.165, 1.54) is 36.2 Å². The molecule has 0 aliphatic carbocycles. The van der Waals surface area contributed by atoms with Gasteiger partial charge in [0.2, 0.25) is 0 Å². The summed E-state index contributed by atoms with van der Waals surface area (Å²) in [6.07, 6.45) is 8.18. The molecule has 0 saturated carbocycles. The Balaban J connectivity index is 1.41. The Hall–Kier alpha value is -2.40. The van der Waals surface area contributed by atoms with Gasteiger partial charge in [0.25, 0.3) is 0 Å². The number of aromatic amines is 1. The van der Waals surface area contributed by atoms with Gasteiger partial charge in [-0.05, 0) is 42.6 Å². The number of aromatic nitrogens is 4. The minimum Gasteiger partial charge on any atom is -0.298 e. The van der Waals surface area contributed by atoms with E-state index in [9.17, 15) is 0 Å². The van der Waals surface area contributed by atoms with Crippen LogP contribution in [0.5, 0.6) is 0 Å². The summed E-state index contributed by atoms with van der Waals surface area (Å²) in [5.41, 5.74) is 3.95. The third kappa shape index (κ3) is 3.57. The van der Waals surface area contributed by atoms with Gasteiger partial charge < -0.3 is 0 Å². The third-order valence-corrected chi connectivity index (χ3v) is 4.77. The molecule has 4 rings (SSSR count). The van der Waals surface area contributed by atoms with Crippen molar-refractivity contribution in [2.24, 2.45) is 0 Å². The van der Waals surface area contributed by atoms with Gasteiger partial charge in [-0.15, -0.1) is 0 Å². The van der Waals surface area contributed by atoms with E-state index < -0.39 is 0 Å². The van der Waals surface area contributed by atoms with Crippen LogP contribution in [0.2, 0.25) is 0 Å². The molecule has 1 saturated heterocycles. The van der Waals surface area contributed by atoms with Crippen molar-refractivity contribution in [3.8, 4) is 0 Å². The number of likely N-dealkylation sites (tertiary alicyclic amines) is 1. The van der Waals surface area contributed by atoms with Gasteiger partial charge in [0.1, 0.15) is 0 Å². The second-order valence-electron chi connectivity index (χ2n) is 6.61. The van der Waals surface area contributed by atoms with Crippen LogP contribution in [0.3, 0.4) is 0 Å². The Morgan fingerprint density at radius 2 is 2.00 bits per heavy atom. The molecule has 2 aromatic heterocycles. The lowest BCUT2D eigenvalue weighted by Crippen LogP contribution is -2.34. The number of piperidine rings is 1. The van der Waals surface area contributed by atoms with Gasteiger partial charge >= 0.3 is 0 Å². The molecule has 124 valence electrons. The minimum atomic E-state index is 0.577. The quantitative estimate of drug-likeness (QED) is 0.786. The van der Waals surface area contributed by atoms with E-state index in [2.05, 4.69) is 50.5 Å². The molecule has 0 amide bonds. The van der Waals surface area contributed by atoms with Gasteiger partial charge in [-0.1, -0.05) is 24.3 Å². The molecule has 5 heteroatoms. The lowest BCUT2D eigenvalue weighted by Gasteiger charge is -2.32. The number of hydrogen-bond donors (Lipinski definition) is 1. The fourth-order valence-electron chi connectivity index (χ4n) is 3.61. The summed E-state index contributed by atoms with van der Waals surface area (Å²) < 4.78 is 1.97. The van der Waals surface area contributed by atoms with Crippen LogP contribution in [0.15, 0.2) is 55.0 Å². The molecule has 1 aliphatic heterocycles. The van der Waals surface area contributed by atoms with E-state index in [-0.39, 0.29) is 0 Å². The second kappa shape index (κ2) is 7.01. The topological polar surface area (TPSA) is 49.7 Å². The van der Waals surface area contributed by atoms with E-state index in [1.807, 2.05) is 29.3 Å². The molecule has 1 unspecified atom stereocenters. The molecule has 0 radical (unpaired) electrons. The molecule has 3 heterocycles. The molecule has 0 spiro atoms. The van der Waals surface area contributed by atoms with Crippen molar-refractivity contribution in [2.45, 2.75) is 31.8 Å². The molecule has 24 heavy (non-hydrogen) atoms. The highest BCUT2D eigenvalue weighted by atomic mass is 15.3. The smallest absolute Gasteiger partial charge is 0.0659 e. The van der Waals surface area contributed by atoms with E-state index in [4.69, 9.17) is 0 Å². The monoisotopic (exact) mass is 321 g/mol. The summed E-state index contributed by atoms with van der Waals surface area (Å²) in [5.74, 6) is 0.577. The maximum atomic E-state index is 4.29. The first-order chi connectivity index (χ1) is 11.9. The van der Waals surface area contributed by atoms with Crippen molar-refractivity contribution < 1.29 is 0 Å². The van der Waals surface area contributed by atoms with Crippen molar-refractivity contribution in [1.82, 2.24) is 24.9 Å². The first-order valence-corrected chi connectivity index (χ1v) is 8.64. The van der Waals surface area contributed by atoms with E-state index in [0.29, 0.717) is 5.92 Å². The molecule has 1 N–H and O–H groups in total. The maximum absolute atomic E-state index is 4.29. The molecule has 1 aliphatic rings. The predicted molar refractivity (Wildman–Crippen MR) is 93.6 cm³/mol. The Morgan fingerprint density at radius 3 is 2.79 bits per heavy atom. The van der Waals surface area contributed by atoms with Crippen molar-refractivity contribution in [3.63, 3.8) is 0 Å². The van der Waals surface area contributed by atoms with Gasteiger partial charge in [0.15, 0.2) is 0 Å². The number of nitrogens with one attached hydrogen (secondary N) is 1. The zero-order valence-electron chi connectivity index (χ0n) is 13.8. The average Bonchev–Trinajstić information content (AvgIpc) is 3.29. The molecule has 1 fully saturated rings. The highest BCUT2D eigenvalue weighted by molar-refractivity contribution is 5.24. The second-order valence-corrected chi connectivity index (χ2v) is 6.61. The molecule has 0 bridgehead atoms. The summed E-state index contributed by atoms with van der Waals surface area (Å²) in [5, 5.41) is 11.5.